The van der Waals surface area contributed by atoms with E-state index in [9.17, 15) is 23.8 Å². The molecule has 0 spiro atoms. The first-order valence-electron chi connectivity index (χ1n) is 24.3. The van der Waals surface area contributed by atoms with Crippen LogP contribution in [0.5, 0.6) is 0 Å². The standard InChI is InChI=1S/C46H90NO12P/c1-3-5-7-9-11-13-15-17-19-21-23-25-27-29-31-33-44(49)56-41-43(42-58-60(52,53)57-37-35-47-46(51)55-40-39-54-38-36-48)59-45(50)34-32-30-28-26-24-22-20-18-16-14-12-10-8-6-4-2/h43,48H,3-42H2,1-2H3,(H,47,51)(H,52,53)/t43-/m1/s1. The van der Waals surface area contributed by atoms with Crippen molar-refractivity contribution >= 4 is 25.9 Å². The number of esters is 2. The number of phosphoric acid groups is 1. The van der Waals surface area contributed by atoms with Gasteiger partial charge in [-0.05, 0) is 12.8 Å². The van der Waals surface area contributed by atoms with E-state index in [0.29, 0.717) is 12.8 Å². The van der Waals surface area contributed by atoms with Gasteiger partial charge in [0.1, 0.15) is 13.2 Å². The molecule has 0 fully saturated rings. The van der Waals surface area contributed by atoms with Crippen LogP contribution >= 0.6 is 7.82 Å². The lowest BCUT2D eigenvalue weighted by Gasteiger charge is -2.20. The zero-order valence-corrected chi connectivity index (χ0v) is 39.2. The third kappa shape index (κ3) is 44.3. The highest BCUT2D eigenvalue weighted by Gasteiger charge is 2.26. The molecule has 13 nitrogen and oxygen atoms in total. The minimum atomic E-state index is -4.60. The summed E-state index contributed by atoms with van der Waals surface area (Å²) in [5, 5.41) is 11.1. The zero-order valence-electron chi connectivity index (χ0n) is 38.3. The van der Waals surface area contributed by atoms with Crippen LogP contribution < -0.4 is 5.32 Å². The molecular formula is C46H90NO12P. The first-order valence-corrected chi connectivity index (χ1v) is 25.8. The molecular weight excluding hydrogens is 789 g/mol. The molecule has 1 amide bonds. The molecule has 2 atom stereocenters. The fourth-order valence-electron chi connectivity index (χ4n) is 6.84. The summed E-state index contributed by atoms with van der Waals surface area (Å²) in [7, 11) is -4.60. The molecule has 0 aromatic rings. The number of ether oxygens (including phenoxy) is 4. The summed E-state index contributed by atoms with van der Waals surface area (Å²) in [4.78, 5) is 47.2. The van der Waals surface area contributed by atoms with Gasteiger partial charge in [-0.1, -0.05) is 194 Å². The maximum atomic E-state index is 12.7. The number of carbonyl (C=O) groups is 3. The Morgan fingerprint density at radius 1 is 0.500 bits per heavy atom. The largest absolute Gasteiger partial charge is 0.472 e. The van der Waals surface area contributed by atoms with Gasteiger partial charge in [-0.3, -0.25) is 18.6 Å². The highest BCUT2D eigenvalue weighted by atomic mass is 31.2. The van der Waals surface area contributed by atoms with E-state index in [4.69, 9.17) is 33.1 Å². The number of aliphatic hydroxyl groups excluding tert-OH is 1. The van der Waals surface area contributed by atoms with Crippen LogP contribution in [0.3, 0.4) is 0 Å². The van der Waals surface area contributed by atoms with E-state index in [2.05, 4.69) is 19.2 Å². The molecule has 0 aliphatic heterocycles. The summed E-state index contributed by atoms with van der Waals surface area (Å²) in [6.45, 7) is 3.25. The lowest BCUT2D eigenvalue weighted by molar-refractivity contribution is -0.161. The van der Waals surface area contributed by atoms with Crippen molar-refractivity contribution in [3.05, 3.63) is 0 Å². The number of hydrogen-bond acceptors (Lipinski definition) is 11. The molecule has 0 radical (unpaired) electrons. The minimum absolute atomic E-state index is 0.0299. The predicted octanol–water partition coefficient (Wildman–Crippen LogP) is 11.8. The summed E-state index contributed by atoms with van der Waals surface area (Å²) in [5.41, 5.74) is 0. The second kappa shape index (κ2) is 45.3. The van der Waals surface area contributed by atoms with Gasteiger partial charge in [0.15, 0.2) is 6.10 Å². The molecule has 14 heteroatoms. The first kappa shape index (κ1) is 58.2. The van der Waals surface area contributed by atoms with Crippen LogP contribution in [-0.4, -0.2) is 86.9 Å². The van der Waals surface area contributed by atoms with Gasteiger partial charge in [-0.15, -0.1) is 0 Å². The third-order valence-electron chi connectivity index (χ3n) is 10.4. The average Bonchev–Trinajstić information content (AvgIpc) is 3.23. The van der Waals surface area contributed by atoms with Crippen molar-refractivity contribution in [2.75, 3.05) is 52.8 Å². The van der Waals surface area contributed by atoms with E-state index in [1.807, 2.05) is 0 Å². The lowest BCUT2D eigenvalue weighted by Crippen LogP contribution is -2.30. The summed E-state index contributed by atoms with van der Waals surface area (Å²) in [6, 6.07) is 0. The SMILES string of the molecule is CCCCCCCCCCCCCCCCCC(=O)OC[C@H](COP(=O)(O)OCCNC(=O)OCCOCCO)OC(=O)CCCCCCCCCCCCCCCCC. The number of phosphoric ester groups is 1. The highest BCUT2D eigenvalue weighted by molar-refractivity contribution is 7.47. The van der Waals surface area contributed by atoms with Gasteiger partial charge in [-0.25, -0.2) is 9.36 Å². The van der Waals surface area contributed by atoms with Gasteiger partial charge in [0, 0.05) is 19.4 Å². The van der Waals surface area contributed by atoms with Crippen LogP contribution in [0, 0.1) is 0 Å². The predicted molar refractivity (Wildman–Crippen MR) is 239 cm³/mol. The number of amides is 1. The smallest absolute Gasteiger partial charge is 0.462 e. The van der Waals surface area contributed by atoms with E-state index >= 15 is 0 Å². The quantitative estimate of drug-likeness (QED) is 0.0229. The molecule has 0 saturated carbocycles. The number of alkyl carbamates (subject to hydrolysis) is 1. The number of hydrogen-bond donors (Lipinski definition) is 3. The molecule has 0 aromatic carbocycles. The number of rotatable bonds is 47. The van der Waals surface area contributed by atoms with E-state index < -0.39 is 38.6 Å². The van der Waals surface area contributed by atoms with E-state index in [-0.39, 0.29) is 59.0 Å². The van der Waals surface area contributed by atoms with Crippen LogP contribution in [0.2, 0.25) is 0 Å². The molecule has 0 bridgehead atoms. The van der Waals surface area contributed by atoms with Crippen LogP contribution in [-0.2, 0) is 42.1 Å². The van der Waals surface area contributed by atoms with Crippen molar-refractivity contribution in [2.24, 2.45) is 0 Å². The van der Waals surface area contributed by atoms with Crippen molar-refractivity contribution in [1.82, 2.24) is 5.32 Å². The maximum absolute atomic E-state index is 12.7. The van der Waals surface area contributed by atoms with Gasteiger partial charge < -0.3 is 34.3 Å². The van der Waals surface area contributed by atoms with E-state index in [1.54, 1.807) is 0 Å². The molecule has 60 heavy (non-hydrogen) atoms. The Hall–Kier alpha value is -1.76. The molecule has 3 N–H and O–H groups in total. The zero-order chi connectivity index (χ0) is 44.0. The van der Waals surface area contributed by atoms with Crippen LogP contribution in [0.1, 0.15) is 219 Å². The third-order valence-corrected chi connectivity index (χ3v) is 11.4. The first-order chi connectivity index (χ1) is 29.2. The molecule has 0 aliphatic carbocycles. The monoisotopic (exact) mass is 880 g/mol. The summed E-state index contributed by atoms with van der Waals surface area (Å²) in [6.07, 6.45) is 35.3. The van der Waals surface area contributed by atoms with Gasteiger partial charge >= 0.3 is 25.9 Å². The van der Waals surface area contributed by atoms with E-state index in [0.717, 1.165) is 38.5 Å². The van der Waals surface area contributed by atoms with Crippen molar-refractivity contribution in [3.8, 4) is 0 Å². The molecule has 1 unspecified atom stereocenters. The van der Waals surface area contributed by atoms with Crippen LogP contribution in [0.25, 0.3) is 0 Å². The second-order valence-corrected chi connectivity index (χ2v) is 17.6. The van der Waals surface area contributed by atoms with E-state index in [1.165, 1.54) is 141 Å². The Balaban J connectivity index is 4.46. The van der Waals surface area contributed by atoms with Gasteiger partial charge in [0.25, 0.3) is 0 Å². The number of unbranched alkanes of at least 4 members (excludes halogenated alkanes) is 28. The molecule has 0 saturated heterocycles. The number of aliphatic hydroxyl groups is 1. The average molecular weight is 880 g/mol. The summed E-state index contributed by atoms with van der Waals surface area (Å²) in [5.74, 6) is -0.913. The number of nitrogens with one attached hydrogen (secondary N) is 1. The fourth-order valence-corrected chi connectivity index (χ4v) is 7.59. The van der Waals surface area contributed by atoms with Crippen LogP contribution in [0.4, 0.5) is 4.79 Å². The lowest BCUT2D eigenvalue weighted by atomic mass is 10.0. The van der Waals surface area contributed by atoms with Crippen molar-refractivity contribution in [2.45, 2.75) is 225 Å². The summed E-state index contributed by atoms with van der Waals surface area (Å²) >= 11 is 0. The van der Waals surface area contributed by atoms with Crippen molar-refractivity contribution in [3.63, 3.8) is 0 Å². The Bertz CT molecular complexity index is 1020. The Morgan fingerprint density at radius 3 is 1.35 bits per heavy atom. The molecule has 0 aromatic heterocycles. The molecule has 356 valence electrons. The highest BCUT2D eigenvalue weighted by Crippen LogP contribution is 2.43. The topological polar surface area (TPSA) is 176 Å². The second-order valence-electron chi connectivity index (χ2n) is 16.2. The Kier molecular flexibility index (Phi) is 43.9. The van der Waals surface area contributed by atoms with Gasteiger partial charge in [0.05, 0.1) is 33.0 Å². The normalized spacial score (nSPS) is 12.9. The Labute approximate surface area is 365 Å². The van der Waals surface area contributed by atoms with Gasteiger partial charge in [-0.2, -0.15) is 0 Å². The summed E-state index contributed by atoms with van der Waals surface area (Å²) < 4.78 is 43.4. The fraction of sp³-hybridized carbons (Fsp3) is 0.935. The number of carbonyl (C=O) groups excluding carboxylic acids is 3. The Morgan fingerprint density at radius 2 is 0.917 bits per heavy atom. The van der Waals surface area contributed by atoms with Crippen LogP contribution in [0.15, 0.2) is 0 Å². The van der Waals surface area contributed by atoms with Gasteiger partial charge in [0.2, 0.25) is 0 Å². The molecule has 0 rings (SSSR count). The van der Waals surface area contributed by atoms with Crippen molar-refractivity contribution in [1.29, 1.82) is 0 Å². The van der Waals surface area contributed by atoms with Crippen molar-refractivity contribution < 1.29 is 56.9 Å². The minimum Gasteiger partial charge on any atom is -0.462 e. The molecule has 0 aliphatic rings. The molecule has 0 heterocycles. The maximum Gasteiger partial charge on any atom is 0.472 e.